The first kappa shape index (κ1) is 19.2. The zero-order valence-corrected chi connectivity index (χ0v) is 17.2. The molecule has 0 spiro atoms. The van der Waals surface area contributed by atoms with Gasteiger partial charge in [-0.25, -0.2) is 8.78 Å². The molecule has 5 rings (SSSR count). The van der Waals surface area contributed by atoms with Gasteiger partial charge < -0.3 is 9.64 Å². The number of thiophene rings is 1. The van der Waals surface area contributed by atoms with E-state index in [2.05, 4.69) is 16.3 Å². The number of nitrogens with zero attached hydrogens (tertiary/aromatic N) is 2. The predicted molar refractivity (Wildman–Crippen MR) is 112 cm³/mol. The first-order valence-electron chi connectivity index (χ1n) is 9.77. The molecule has 2 atom stereocenters. The molecule has 2 aromatic carbocycles. The van der Waals surface area contributed by atoms with E-state index in [1.165, 1.54) is 17.0 Å². The summed E-state index contributed by atoms with van der Waals surface area (Å²) in [6.07, 6.45) is -0.173. The fourth-order valence-electron chi connectivity index (χ4n) is 4.26. The average molecular weight is 426 g/mol. The fraction of sp³-hybridized carbons (Fsp3) is 0.261. The van der Waals surface area contributed by atoms with Gasteiger partial charge in [-0.1, -0.05) is 12.1 Å². The summed E-state index contributed by atoms with van der Waals surface area (Å²) in [5, 5.41) is 2.06. The van der Waals surface area contributed by atoms with Crippen LogP contribution in [0.2, 0.25) is 0 Å². The van der Waals surface area contributed by atoms with Gasteiger partial charge in [-0.3, -0.25) is 9.69 Å². The Hall–Kier alpha value is -2.77. The van der Waals surface area contributed by atoms with Crippen molar-refractivity contribution in [1.29, 1.82) is 0 Å². The van der Waals surface area contributed by atoms with E-state index in [0.717, 1.165) is 19.2 Å². The molecule has 7 heteroatoms. The van der Waals surface area contributed by atoms with E-state index in [4.69, 9.17) is 4.74 Å². The third kappa shape index (κ3) is 3.38. The number of rotatable bonds is 3. The normalized spacial score (nSPS) is 21.2. The maximum Gasteiger partial charge on any atom is 0.257 e. The molecule has 2 aliphatic rings. The minimum absolute atomic E-state index is 0.0594. The topological polar surface area (TPSA) is 32.8 Å². The number of carbonyl (C=O) groups is 1. The summed E-state index contributed by atoms with van der Waals surface area (Å²) in [5.74, 6) is -0.938. The van der Waals surface area contributed by atoms with Crippen LogP contribution in [0, 0.1) is 11.6 Å². The Labute approximate surface area is 177 Å². The lowest BCUT2D eigenvalue weighted by atomic mass is 10.0. The Kier molecular flexibility index (Phi) is 4.79. The van der Waals surface area contributed by atoms with E-state index in [9.17, 15) is 13.6 Å². The van der Waals surface area contributed by atoms with E-state index in [-0.39, 0.29) is 23.6 Å². The maximum atomic E-state index is 14.3. The van der Waals surface area contributed by atoms with Gasteiger partial charge in [0.25, 0.3) is 5.91 Å². The maximum absolute atomic E-state index is 14.3. The number of fused-ring (bicyclic) bond motifs is 2. The molecule has 0 N–H and O–H groups in total. The Morgan fingerprint density at radius 2 is 1.93 bits per heavy atom. The van der Waals surface area contributed by atoms with Crippen LogP contribution in [0.5, 0.6) is 5.75 Å². The van der Waals surface area contributed by atoms with Crippen molar-refractivity contribution < 1.29 is 18.3 Å². The summed E-state index contributed by atoms with van der Waals surface area (Å²) in [6, 6.07) is 12.6. The second kappa shape index (κ2) is 7.49. The number of likely N-dealkylation sites (tertiary alicyclic amines) is 1. The van der Waals surface area contributed by atoms with Crippen LogP contribution < -0.4 is 4.74 Å². The molecule has 1 amide bonds. The highest BCUT2D eigenvalue weighted by Crippen LogP contribution is 2.35. The highest BCUT2D eigenvalue weighted by atomic mass is 32.1. The molecule has 0 saturated carbocycles. The lowest BCUT2D eigenvalue weighted by Crippen LogP contribution is -2.44. The second-order valence-corrected chi connectivity index (χ2v) is 8.78. The van der Waals surface area contributed by atoms with Gasteiger partial charge >= 0.3 is 0 Å². The van der Waals surface area contributed by atoms with Crippen molar-refractivity contribution in [2.24, 2.45) is 0 Å². The Bertz CT molecular complexity index is 1100. The largest absolute Gasteiger partial charge is 0.486 e. The van der Waals surface area contributed by atoms with Crippen LogP contribution in [0.3, 0.4) is 0 Å². The molecule has 2 unspecified atom stereocenters. The summed E-state index contributed by atoms with van der Waals surface area (Å²) in [4.78, 5) is 18.4. The molecule has 0 bridgehead atoms. The number of carbonyl (C=O) groups excluding carboxylic acids is 1. The van der Waals surface area contributed by atoms with Gasteiger partial charge in [-0.2, -0.15) is 0 Å². The number of hydrogen-bond acceptors (Lipinski definition) is 4. The van der Waals surface area contributed by atoms with Gasteiger partial charge in [-0.15, -0.1) is 11.3 Å². The van der Waals surface area contributed by atoms with Crippen LogP contribution in [0.4, 0.5) is 8.78 Å². The van der Waals surface area contributed by atoms with Crippen LogP contribution >= 0.6 is 11.3 Å². The van der Waals surface area contributed by atoms with Crippen molar-refractivity contribution in [2.45, 2.75) is 18.7 Å². The van der Waals surface area contributed by atoms with E-state index >= 15 is 0 Å². The summed E-state index contributed by atoms with van der Waals surface area (Å²) in [5.41, 5.74) is 1.28. The Morgan fingerprint density at radius 3 is 2.70 bits per heavy atom. The van der Waals surface area contributed by atoms with Gasteiger partial charge in [-0.05, 0) is 41.3 Å². The van der Waals surface area contributed by atoms with Crippen LogP contribution in [-0.2, 0) is 6.54 Å². The van der Waals surface area contributed by atoms with E-state index in [1.54, 1.807) is 41.5 Å². The van der Waals surface area contributed by atoms with E-state index in [1.807, 2.05) is 6.07 Å². The molecule has 1 aromatic heterocycles. The first-order valence-corrected chi connectivity index (χ1v) is 10.7. The average Bonchev–Trinajstić information content (AvgIpc) is 3.35. The van der Waals surface area contributed by atoms with Gasteiger partial charge in [0.15, 0.2) is 0 Å². The Balaban J connectivity index is 1.46. The zero-order chi connectivity index (χ0) is 20.8. The highest BCUT2D eigenvalue weighted by Gasteiger charge is 2.42. The lowest BCUT2D eigenvalue weighted by Gasteiger charge is -2.25. The zero-order valence-electron chi connectivity index (χ0n) is 16.3. The first-order chi connectivity index (χ1) is 14.5. The van der Waals surface area contributed by atoms with Crippen molar-refractivity contribution in [1.82, 2.24) is 9.80 Å². The standard InChI is InChI=1S/C23H20F2N2O2S/c1-26-20-12-27(11-16-3-2-8-30-16)13-22(20)29-21-9-14(4-6-18(21)23(26)28)17-7-5-15(24)10-19(17)25/h2-10,20,22H,11-13H2,1H3. The summed E-state index contributed by atoms with van der Waals surface area (Å²) in [7, 11) is 1.81. The molecule has 154 valence electrons. The molecule has 3 aromatic rings. The van der Waals surface area contributed by atoms with Crippen molar-refractivity contribution in [2.75, 3.05) is 20.1 Å². The minimum atomic E-state index is -0.645. The molecule has 0 aliphatic carbocycles. The van der Waals surface area contributed by atoms with Crippen LogP contribution in [-0.4, -0.2) is 48.0 Å². The van der Waals surface area contributed by atoms with Crippen LogP contribution in [0.15, 0.2) is 53.9 Å². The molecule has 0 radical (unpaired) electrons. The van der Waals surface area contributed by atoms with E-state index in [0.29, 0.717) is 23.4 Å². The number of benzene rings is 2. The van der Waals surface area contributed by atoms with Gasteiger partial charge in [0.05, 0.1) is 11.6 Å². The minimum Gasteiger partial charge on any atom is -0.486 e. The molecule has 30 heavy (non-hydrogen) atoms. The van der Waals surface area contributed by atoms with Gasteiger partial charge in [0, 0.05) is 43.2 Å². The third-order valence-corrected chi connectivity index (χ3v) is 6.68. The summed E-state index contributed by atoms with van der Waals surface area (Å²) < 4.78 is 33.9. The molecule has 4 nitrogen and oxygen atoms in total. The van der Waals surface area contributed by atoms with E-state index < -0.39 is 11.6 Å². The monoisotopic (exact) mass is 426 g/mol. The van der Waals surface area contributed by atoms with Gasteiger partial charge in [0.1, 0.15) is 23.5 Å². The number of hydrogen-bond donors (Lipinski definition) is 0. The van der Waals surface area contributed by atoms with Crippen molar-refractivity contribution in [3.8, 4) is 16.9 Å². The number of amides is 1. The van der Waals surface area contributed by atoms with Crippen LogP contribution in [0.25, 0.3) is 11.1 Å². The molecule has 1 saturated heterocycles. The number of halogens is 2. The highest BCUT2D eigenvalue weighted by molar-refractivity contribution is 7.09. The SMILES string of the molecule is CN1C(=O)c2ccc(-c3ccc(F)cc3F)cc2OC2CN(Cc3cccs3)CC21. The molecule has 3 heterocycles. The lowest BCUT2D eigenvalue weighted by molar-refractivity contribution is 0.0682. The van der Waals surface area contributed by atoms with Crippen molar-refractivity contribution in [3.05, 3.63) is 76.0 Å². The quantitative estimate of drug-likeness (QED) is 0.622. The smallest absolute Gasteiger partial charge is 0.257 e. The fourth-order valence-corrected chi connectivity index (χ4v) is 5.01. The van der Waals surface area contributed by atoms with Crippen molar-refractivity contribution >= 4 is 17.2 Å². The Morgan fingerprint density at radius 1 is 1.10 bits per heavy atom. The molecular weight excluding hydrogens is 406 g/mol. The molecule has 2 aliphatic heterocycles. The molecule has 1 fully saturated rings. The number of likely N-dealkylation sites (N-methyl/N-ethyl adjacent to an activating group) is 1. The summed E-state index contributed by atoms with van der Waals surface area (Å²) >= 11 is 1.71. The predicted octanol–water partition coefficient (Wildman–Crippen LogP) is 4.41. The summed E-state index contributed by atoms with van der Waals surface area (Å²) in [6.45, 7) is 2.26. The third-order valence-electron chi connectivity index (χ3n) is 5.82. The number of ether oxygens (including phenoxy) is 1. The second-order valence-electron chi connectivity index (χ2n) is 7.75. The van der Waals surface area contributed by atoms with Crippen LogP contribution in [0.1, 0.15) is 15.2 Å². The van der Waals surface area contributed by atoms with Gasteiger partial charge in [0.2, 0.25) is 0 Å². The van der Waals surface area contributed by atoms with Crippen molar-refractivity contribution in [3.63, 3.8) is 0 Å². The molecular formula is C23H20F2N2O2S.